The first-order chi connectivity index (χ1) is 14.9. The highest BCUT2D eigenvalue weighted by Crippen LogP contribution is 2.33. The molecule has 1 N–H and O–H groups in total. The van der Waals surface area contributed by atoms with E-state index >= 15 is 0 Å². The maximum atomic E-state index is 14.4. The number of likely N-dealkylation sites (N-methyl/N-ethyl adjacent to an activating group) is 1. The second kappa shape index (κ2) is 8.77. The third kappa shape index (κ3) is 4.54. The summed E-state index contributed by atoms with van der Waals surface area (Å²) < 4.78 is 26.5. The Morgan fingerprint density at radius 1 is 1.13 bits per heavy atom. The molecule has 0 aromatic heterocycles. The van der Waals surface area contributed by atoms with Gasteiger partial charge in [0.1, 0.15) is 35.7 Å². The molecule has 4 rings (SSSR count). The van der Waals surface area contributed by atoms with Crippen LogP contribution in [0, 0.1) is 5.82 Å². The first-order valence-corrected chi connectivity index (χ1v) is 10.2. The fraction of sp³-hybridized carbons (Fsp3) is 0.130. The standard InChI is InChI=1S/C23H18BrFN2O4/c1-27-20-11-14(24)7-10-21(20)30-13-19(23(27)29)26-22(28)17-12-16(8-9-18(17)25)31-15-5-3-2-4-6-15/h2-12,19H,13H2,1H3,(H,26,28). The Morgan fingerprint density at radius 3 is 2.68 bits per heavy atom. The Labute approximate surface area is 186 Å². The monoisotopic (exact) mass is 484 g/mol. The molecule has 6 nitrogen and oxygen atoms in total. The summed E-state index contributed by atoms with van der Waals surface area (Å²) in [5.74, 6) is -0.463. The number of benzene rings is 3. The zero-order chi connectivity index (χ0) is 22.0. The van der Waals surface area contributed by atoms with Crippen molar-refractivity contribution in [1.82, 2.24) is 5.32 Å². The molecular weight excluding hydrogens is 467 g/mol. The van der Waals surface area contributed by atoms with E-state index in [1.165, 1.54) is 17.0 Å². The van der Waals surface area contributed by atoms with Crippen molar-refractivity contribution in [2.75, 3.05) is 18.6 Å². The van der Waals surface area contributed by atoms with Crippen LogP contribution in [-0.4, -0.2) is 31.5 Å². The lowest BCUT2D eigenvalue weighted by Gasteiger charge is -2.20. The van der Waals surface area contributed by atoms with E-state index in [-0.39, 0.29) is 18.1 Å². The zero-order valence-corrected chi connectivity index (χ0v) is 18.1. The normalized spacial score (nSPS) is 15.5. The van der Waals surface area contributed by atoms with E-state index in [4.69, 9.17) is 9.47 Å². The summed E-state index contributed by atoms with van der Waals surface area (Å²) in [6, 6.07) is 17.1. The molecule has 8 heteroatoms. The van der Waals surface area contributed by atoms with Crippen molar-refractivity contribution in [3.63, 3.8) is 0 Å². The second-order valence-electron chi connectivity index (χ2n) is 6.90. The molecule has 1 heterocycles. The number of nitrogens with one attached hydrogen (secondary N) is 1. The van der Waals surface area contributed by atoms with E-state index in [1.54, 1.807) is 49.5 Å². The fourth-order valence-corrected chi connectivity index (χ4v) is 3.53. The number of amides is 2. The van der Waals surface area contributed by atoms with Crippen molar-refractivity contribution in [3.8, 4) is 17.2 Å². The Kier molecular flexibility index (Phi) is 5.90. The predicted molar refractivity (Wildman–Crippen MR) is 117 cm³/mol. The van der Waals surface area contributed by atoms with Crippen molar-refractivity contribution in [2.45, 2.75) is 6.04 Å². The van der Waals surface area contributed by atoms with Gasteiger partial charge < -0.3 is 19.7 Å². The van der Waals surface area contributed by atoms with Crippen LogP contribution < -0.4 is 19.7 Å². The number of anilines is 1. The Balaban J connectivity index is 1.53. The molecule has 3 aromatic carbocycles. The molecule has 31 heavy (non-hydrogen) atoms. The fourth-order valence-electron chi connectivity index (χ4n) is 3.18. The number of hydrogen-bond donors (Lipinski definition) is 1. The number of para-hydroxylation sites is 1. The molecule has 0 aliphatic carbocycles. The lowest BCUT2D eigenvalue weighted by atomic mass is 10.1. The molecule has 1 aliphatic rings. The van der Waals surface area contributed by atoms with Gasteiger partial charge in [-0.15, -0.1) is 0 Å². The van der Waals surface area contributed by atoms with Gasteiger partial charge in [-0.25, -0.2) is 4.39 Å². The van der Waals surface area contributed by atoms with Crippen LogP contribution in [0.25, 0.3) is 0 Å². The van der Waals surface area contributed by atoms with E-state index in [0.29, 0.717) is 22.9 Å². The number of halogens is 2. The van der Waals surface area contributed by atoms with E-state index < -0.39 is 17.8 Å². The summed E-state index contributed by atoms with van der Waals surface area (Å²) in [6.45, 7) is -0.0780. The van der Waals surface area contributed by atoms with Crippen LogP contribution in [0.5, 0.6) is 17.2 Å². The van der Waals surface area contributed by atoms with Crippen molar-refractivity contribution < 1.29 is 23.5 Å². The van der Waals surface area contributed by atoms with Gasteiger partial charge in [-0.3, -0.25) is 9.59 Å². The van der Waals surface area contributed by atoms with Gasteiger partial charge in [-0.2, -0.15) is 0 Å². The minimum Gasteiger partial charge on any atom is -0.489 e. The maximum absolute atomic E-state index is 14.4. The summed E-state index contributed by atoms with van der Waals surface area (Å²) in [5, 5.41) is 2.57. The second-order valence-corrected chi connectivity index (χ2v) is 7.82. The smallest absolute Gasteiger partial charge is 0.255 e. The van der Waals surface area contributed by atoms with Crippen molar-refractivity contribution in [3.05, 3.63) is 82.6 Å². The number of fused-ring (bicyclic) bond motifs is 1. The molecule has 0 bridgehead atoms. The van der Waals surface area contributed by atoms with Crippen LogP contribution in [0.15, 0.2) is 71.2 Å². The Hall–Kier alpha value is -3.39. The number of carbonyl (C=O) groups is 2. The van der Waals surface area contributed by atoms with Gasteiger partial charge in [0.2, 0.25) is 0 Å². The third-order valence-electron chi connectivity index (χ3n) is 4.78. The molecular formula is C23H18BrFN2O4. The average molecular weight is 485 g/mol. The number of nitrogens with zero attached hydrogens (tertiary/aromatic N) is 1. The quantitative estimate of drug-likeness (QED) is 0.590. The molecule has 1 atom stereocenters. The van der Waals surface area contributed by atoms with Crippen LogP contribution in [0.3, 0.4) is 0 Å². The lowest BCUT2D eigenvalue weighted by Crippen LogP contribution is -2.49. The third-order valence-corrected chi connectivity index (χ3v) is 5.28. The van der Waals surface area contributed by atoms with Crippen molar-refractivity contribution in [1.29, 1.82) is 0 Å². The molecule has 1 unspecified atom stereocenters. The highest BCUT2D eigenvalue weighted by molar-refractivity contribution is 9.10. The van der Waals surface area contributed by atoms with Gasteiger partial charge in [-0.1, -0.05) is 34.1 Å². The van der Waals surface area contributed by atoms with Gasteiger partial charge in [0, 0.05) is 11.5 Å². The maximum Gasteiger partial charge on any atom is 0.255 e. The molecule has 2 amide bonds. The SMILES string of the molecule is CN1C(=O)C(NC(=O)c2cc(Oc3ccccc3)ccc2F)COc2ccc(Br)cc21. The largest absolute Gasteiger partial charge is 0.489 e. The van der Waals surface area contributed by atoms with Gasteiger partial charge in [-0.05, 0) is 48.5 Å². The molecule has 1 aliphatic heterocycles. The van der Waals surface area contributed by atoms with Gasteiger partial charge in [0.05, 0.1) is 11.3 Å². The molecule has 158 valence electrons. The summed E-state index contributed by atoms with van der Waals surface area (Å²) in [7, 11) is 1.59. The van der Waals surface area contributed by atoms with E-state index in [1.807, 2.05) is 6.07 Å². The first kappa shape index (κ1) is 20.9. The highest BCUT2D eigenvalue weighted by atomic mass is 79.9. The summed E-state index contributed by atoms with van der Waals surface area (Å²) in [6.07, 6.45) is 0. The number of rotatable bonds is 4. The van der Waals surface area contributed by atoms with Crippen molar-refractivity contribution in [2.24, 2.45) is 0 Å². The van der Waals surface area contributed by atoms with Crippen LogP contribution in [-0.2, 0) is 4.79 Å². The van der Waals surface area contributed by atoms with E-state index in [9.17, 15) is 14.0 Å². The summed E-state index contributed by atoms with van der Waals surface area (Å²) in [4.78, 5) is 27.1. The first-order valence-electron chi connectivity index (χ1n) is 9.45. The van der Waals surface area contributed by atoms with Crippen LogP contribution in [0.4, 0.5) is 10.1 Å². The molecule has 0 saturated heterocycles. The predicted octanol–water partition coefficient (Wildman–Crippen LogP) is 4.53. The average Bonchev–Trinajstić information content (AvgIpc) is 2.88. The molecule has 0 saturated carbocycles. The summed E-state index contributed by atoms with van der Waals surface area (Å²) in [5.41, 5.74) is 0.342. The molecule has 0 fully saturated rings. The highest BCUT2D eigenvalue weighted by Gasteiger charge is 2.31. The lowest BCUT2D eigenvalue weighted by molar-refractivity contribution is -0.120. The Bertz CT molecular complexity index is 1140. The molecule has 0 radical (unpaired) electrons. The molecule has 3 aromatic rings. The van der Waals surface area contributed by atoms with Crippen molar-refractivity contribution >= 4 is 33.4 Å². The van der Waals surface area contributed by atoms with E-state index in [2.05, 4.69) is 21.2 Å². The number of ether oxygens (including phenoxy) is 2. The Morgan fingerprint density at radius 2 is 1.90 bits per heavy atom. The minimum absolute atomic E-state index is 0.0780. The molecule has 0 spiro atoms. The number of carbonyl (C=O) groups excluding carboxylic acids is 2. The topological polar surface area (TPSA) is 67.9 Å². The van der Waals surface area contributed by atoms with Gasteiger partial charge in [0.25, 0.3) is 11.8 Å². The van der Waals surface area contributed by atoms with E-state index in [0.717, 1.165) is 10.5 Å². The van der Waals surface area contributed by atoms with Crippen LogP contribution >= 0.6 is 15.9 Å². The minimum atomic E-state index is -0.984. The number of hydrogen-bond acceptors (Lipinski definition) is 4. The van der Waals surface area contributed by atoms with Gasteiger partial charge in [0.15, 0.2) is 0 Å². The van der Waals surface area contributed by atoms with Crippen LogP contribution in [0.1, 0.15) is 10.4 Å². The van der Waals surface area contributed by atoms with Crippen LogP contribution in [0.2, 0.25) is 0 Å². The summed E-state index contributed by atoms with van der Waals surface area (Å²) >= 11 is 3.37. The zero-order valence-electron chi connectivity index (χ0n) is 16.5. The van der Waals surface area contributed by atoms with Gasteiger partial charge >= 0.3 is 0 Å².